The maximum Gasteiger partial charge on any atom is 0.0438 e. The summed E-state index contributed by atoms with van der Waals surface area (Å²) in [5.41, 5.74) is 7.51. The van der Waals surface area contributed by atoms with Crippen molar-refractivity contribution in [3.05, 3.63) is 105 Å². The Morgan fingerprint density at radius 2 is 1.16 bits per heavy atom. The lowest BCUT2D eigenvalue weighted by Gasteiger charge is -2.06. The number of rotatable bonds is 3. The average Bonchev–Trinajstić information content (AvgIpc) is 2.76. The fourth-order valence-corrected chi connectivity index (χ4v) is 3.17. The monoisotopic (exact) mass is 446 g/mol. The van der Waals surface area contributed by atoms with Crippen LogP contribution in [0.4, 0.5) is 0 Å². The highest BCUT2D eigenvalue weighted by Gasteiger charge is 2.01. The molecule has 0 heterocycles. The first-order valence-electron chi connectivity index (χ1n) is 11.4. The van der Waals surface area contributed by atoms with Gasteiger partial charge in [-0.2, -0.15) is 0 Å². The largest absolute Gasteiger partial charge is 0.115 e. The van der Waals surface area contributed by atoms with E-state index in [0.717, 1.165) is 16.1 Å². The molecule has 0 aliphatic rings. The van der Waals surface area contributed by atoms with Crippen LogP contribution in [0.3, 0.4) is 0 Å². The lowest BCUT2D eigenvalue weighted by atomic mass is 10.0. The van der Waals surface area contributed by atoms with E-state index in [1.54, 1.807) is 0 Å². The Kier molecular flexibility index (Phi) is 11.9. The maximum atomic E-state index is 5.96. The van der Waals surface area contributed by atoms with Crippen LogP contribution in [-0.2, 0) is 0 Å². The fourth-order valence-electron chi connectivity index (χ4n) is 2.99. The Balaban J connectivity index is 0.000000240. The van der Waals surface area contributed by atoms with Crippen molar-refractivity contribution in [2.45, 2.75) is 73.1 Å². The Morgan fingerprint density at radius 3 is 1.59 bits per heavy atom. The van der Waals surface area contributed by atoms with Crippen LogP contribution >= 0.6 is 11.6 Å². The lowest BCUT2D eigenvalue weighted by molar-refractivity contribution is 0.865. The zero-order chi connectivity index (χ0) is 24.3. The van der Waals surface area contributed by atoms with Crippen molar-refractivity contribution in [2.75, 3.05) is 0 Å². The first kappa shape index (κ1) is 27.5. The summed E-state index contributed by atoms with van der Waals surface area (Å²) >= 11 is 5.96. The van der Waals surface area contributed by atoms with Gasteiger partial charge in [-0.1, -0.05) is 113 Å². The second-order valence-corrected chi connectivity index (χ2v) is 9.56. The van der Waals surface area contributed by atoms with Gasteiger partial charge < -0.3 is 0 Å². The Bertz CT molecular complexity index is 1000. The van der Waals surface area contributed by atoms with Gasteiger partial charge in [0, 0.05) is 10.6 Å². The molecular weight excluding hydrogens is 408 g/mol. The molecule has 0 spiro atoms. The molecule has 170 valence electrons. The van der Waals surface area contributed by atoms with E-state index >= 15 is 0 Å². The second-order valence-electron chi connectivity index (χ2n) is 9.16. The van der Waals surface area contributed by atoms with Gasteiger partial charge >= 0.3 is 0 Å². The summed E-state index contributed by atoms with van der Waals surface area (Å²) in [5, 5.41) is 0.871. The van der Waals surface area contributed by atoms with Crippen LogP contribution in [0.5, 0.6) is 0 Å². The molecule has 0 aliphatic carbocycles. The predicted octanol–water partition coefficient (Wildman–Crippen LogP) is 9.68. The average molecular weight is 447 g/mol. The van der Waals surface area contributed by atoms with Gasteiger partial charge in [-0.3, -0.25) is 0 Å². The van der Waals surface area contributed by atoms with Crippen molar-refractivity contribution in [1.29, 1.82) is 0 Å². The minimum absolute atomic E-state index is 0.559. The van der Waals surface area contributed by atoms with Gasteiger partial charge in [0.2, 0.25) is 0 Å². The standard InChI is InChI=1S/C11H12.C10H13Cl.C10H14/c1-4-10-6-5-7-11(8-10)9(2)3;1-7(2)9-5-4-8(3)10(11)6-9;1-8(2)10-6-4-5-9(3)7-10/h1,5-9H,2-3H3;4-7H,1-3H3;4-8H,1-3H3. The zero-order valence-electron chi connectivity index (χ0n) is 21.0. The van der Waals surface area contributed by atoms with Crippen molar-refractivity contribution in [3.63, 3.8) is 0 Å². The molecule has 3 rings (SSSR count). The van der Waals surface area contributed by atoms with Crippen molar-refractivity contribution >= 4 is 11.6 Å². The fraction of sp³-hybridized carbons (Fsp3) is 0.355. The van der Waals surface area contributed by atoms with Crippen LogP contribution in [0.2, 0.25) is 5.02 Å². The van der Waals surface area contributed by atoms with Gasteiger partial charge in [0.05, 0.1) is 0 Å². The van der Waals surface area contributed by atoms with Crippen molar-refractivity contribution in [2.24, 2.45) is 0 Å². The van der Waals surface area contributed by atoms with Gasteiger partial charge in [0.25, 0.3) is 0 Å². The third kappa shape index (κ3) is 9.76. The van der Waals surface area contributed by atoms with Gasteiger partial charge in [0.1, 0.15) is 0 Å². The second kappa shape index (κ2) is 13.8. The lowest BCUT2D eigenvalue weighted by Crippen LogP contribution is -1.87. The maximum absolute atomic E-state index is 5.96. The Labute approximate surface area is 202 Å². The van der Waals surface area contributed by atoms with E-state index in [1.165, 1.54) is 22.3 Å². The molecule has 0 aliphatic heterocycles. The zero-order valence-corrected chi connectivity index (χ0v) is 21.8. The molecule has 0 bridgehead atoms. The molecule has 0 saturated heterocycles. The van der Waals surface area contributed by atoms with Crippen LogP contribution in [-0.4, -0.2) is 0 Å². The third-order valence-electron chi connectivity index (χ3n) is 5.29. The van der Waals surface area contributed by atoms with Crippen LogP contribution in [0, 0.1) is 26.2 Å². The van der Waals surface area contributed by atoms with Crippen LogP contribution in [0.15, 0.2) is 66.7 Å². The molecule has 0 saturated carbocycles. The summed E-state index contributed by atoms with van der Waals surface area (Å²) in [4.78, 5) is 0. The molecule has 0 aromatic heterocycles. The van der Waals surface area contributed by atoms with E-state index in [2.05, 4.69) is 103 Å². The van der Waals surface area contributed by atoms with E-state index in [9.17, 15) is 0 Å². The minimum atomic E-state index is 0.559. The molecule has 0 unspecified atom stereocenters. The highest BCUT2D eigenvalue weighted by molar-refractivity contribution is 6.31. The minimum Gasteiger partial charge on any atom is -0.115 e. The number of halogens is 1. The number of hydrogen-bond acceptors (Lipinski definition) is 0. The number of hydrogen-bond donors (Lipinski definition) is 0. The van der Waals surface area contributed by atoms with Gasteiger partial charge in [-0.05, 0) is 72.1 Å². The van der Waals surface area contributed by atoms with E-state index in [1.807, 2.05) is 25.1 Å². The summed E-state index contributed by atoms with van der Waals surface area (Å²) in [6.45, 7) is 17.2. The van der Waals surface area contributed by atoms with E-state index in [4.69, 9.17) is 18.0 Å². The van der Waals surface area contributed by atoms with Gasteiger partial charge in [0.15, 0.2) is 0 Å². The van der Waals surface area contributed by atoms with Gasteiger partial charge in [-0.15, -0.1) is 6.42 Å². The highest BCUT2D eigenvalue weighted by Crippen LogP contribution is 2.21. The third-order valence-corrected chi connectivity index (χ3v) is 5.70. The predicted molar refractivity (Wildman–Crippen MR) is 144 cm³/mol. The first-order chi connectivity index (χ1) is 15.0. The molecule has 0 atom stereocenters. The summed E-state index contributed by atoms with van der Waals surface area (Å²) in [6.07, 6.45) is 5.27. The number of aryl methyl sites for hydroxylation is 2. The quantitative estimate of drug-likeness (QED) is 0.351. The molecule has 0 amide bonds. The van der Waals surface area contributed by atoms with E-state index in [-0.39, 0.29) is 0 Å². The van der Waals surface area contributed by atoms with Crippen LogP contribution in [0.1, 0.15) is 92.7 Å². The summed E-state index contributed by atoms with van der Waals surface area (Å²) in [6, 6.07) is 23.0. The normalized spacial score (nSPS) is 10.2. The molecule has 0 nitrogen and oxygen atoms in total. The summed E-state index contributed by atoms with van der Waals surface area (Å²) < 4.78 is 0. The SMILES string of the molecule is C#Cc1cccc(C(C)C)c1.Cc1ccc(C(C)C)cc1Cl.Cc1cccc(C(C)C)c1. The molecule has 0 N–H and O–H groups in total. The summed E-state index contributed by atoms with van der Waals surface area (Å²) in [7, 11) is 0. The molecule has 3 aromatic carbocycles. The first-order valence-corrected chi connectivity index (χ1v) is 11.8. The molecule has 32 heavy (non-hydrogen) atoms. The van der Waals surface area contributed by atoms with E-state index < -0.39 is 0 Å². The molecule has 1 heteroatoms. The number of terminal acetylenes is 1. The van der Waals surface area contributed by atoms with Crippen molar-refractivity contribution in [3.8, 4) is 12.3 Å². The topological polar surface area (TPSA) is 0 Å². The molecule has 0 fully saturated rings. The van der Waals surface area contributed by atoms with Gasteiger partial charge in [-0.25, -0.2) is 0 Å². The summed E-state index contributed by atoms with van der Waals surface area (Å²) in [5.74, 6) is 4.40. The Morgan fingerprint density at radius 1 is 0.656 bits per heavy atom. The smallest absolute Gasteiger partial charge is 0.0438 e. The Hall–Kier alpha value is -2.49. The molecule has 3 aromatic rings. The highest BCUT2D eigenvalue weighted by atomic mass is 35.5. The van der Waals surface area contributed by atoms with Crippen LogP contribution in [0.25, 0.3) is 0 Å². The van der Waals surface area contributed by atoms with Crippen molar-refractivity contribution in [1.82, 2.24) is 0 Å². The number of benzene rings is 3. The van der Waals surface area contributed by atoms with Crippen LogP contribution < -0.4 is 0 Å². The molecule has 0 radical (unpaired) electrons. The van der Waals surface area contributed by atoms with Crippen molar-refractivity contribution < 1.29 is 0 Å². The van der Waals surface area contributed by atoms with E-state index in [0.29, 0.717) is 17.8 Å². The molecular formula is C31H39Cl.